The molecule has 6 heteroatoms. The Morgan fingerprint density at radius 3 is 2.72 bits per heavy atom. The quantitative estimate of drug-likeness (QED) is 0.714. The van der Waals surface area contributed by atoms with Gasteiger partial charge in [0.15, 0.2) is 5.69 Å². The third-order valence-electron chi connectivity index (χ3n) is 4.42. The minimum absolute atomic E-state index is 0.122. The van der Waals surface area contributed by atoms with E-state index in [9.17, 15) is 13.2 Å². The molecule has 25 heavy (non-hydrogen) atoms. The van der Waals surface area contributed by atoms with Gasteiger partial charge in [-0.2, -0.15) is 18.4 Å². The lowest BCUT2D eigenvalue weighted by Crippen LogP contribution is -2.28. The van der Waals surface area contributed by atoms with Gasteiger partial charge in [0, 0.05) is 18.3 Å². The summed E-state index contributed by atoms with van der Waals surface area (Å²) in [5.74, 6) is 0. The number of hydrogen-bond acceptors (Lipinski definition) is 2. The summed E-state index contributed by atoms with van der Waals surface area (Å²) in [6.45, 7) is 9.31. The van der Waals surface area contributed by atoms with E-state index in [-0.39, 0.29) is 23.7 Å². The molecular weight excluding hydrogens is 327 g/mol. The van der Waals surface area contributed by atoms with Crippen LogP contribution in [0.1, 0.15) is 29.2 Å². The minimum Gasteiger partial charge on any atom is -0.364 e. The van der Waals surface area contributed by atoms with Gasteiger partial charge < -0.3 is 4.90 Å². The van der Waals surface area contributed by atoms with Crippen LogP contribution in [-0.2, 0) is 19.1 Å². The molecule has 0 saturated carbocycles. The van der Waals surface area contributed by atoms with Gasteiger partial charge in [0.25, 0.3) is 0 Å². The second kappa shape index (κ2) is 6.14. The zero-order valence-corrected chi connectivity index (χ0v) is 13.4. The molecule has 1 heterocycles. The Bertz CT molecular complexity index is 904. The highest BCUT2D eigenvalue weighted by Gasteiger charge is 2.40. The number of nitrogens with zero attached hydrogens (tertiary/aromatic N) is 3. The fourth-order valence-electron chi connectivity index (χ4n) is 3.33. The van der Waals surface area contributed by atoms with Crippen LogP contribution in [-0.4, -0.2) is 6.04 Å². The average molecular weight is 341 g/mol. The Morgan fingerprint density at radius 1 is 1.32 bits per heavy atom. The number of benzene rings is 2. The normalized spacial score (nSPS) is 16.2. The third kappa shape index (κ3) is 3.04. The van der Waals surface area contributed by atoms with Gasteiger partial charge in [0.05, 0.1) is 23.8 Å². The zero-order chi connectivity index (χ0) is 18.2. The van der Waals surface area contributed by atoms with E-state index in [4.69, 9.17) is 11.8 Å². The number of anilines is 1. The molecule has 1 atom stereocenters. The van der Waals surface area contributed by atoms with Crippen LogP contribution < -0.4 is 4.90 Å². The van der Waals surface area contributed by atoms with Crippen LogP contribution in [0.4, 0.5) is 24.5 Å². The van der Waals surface area contributed by atoms with Crippen molar-refractivity contribution in [2.45, 2.75) is 32.1 Å². The summed E-state index contributed by atoms with van der Waals surface area (Å²) >= 11 is 0. The highest BCUT2D eigenvalue weighted by molar-refractivity contribution is 5.71. The highest BCUT2D eigenvalue weighted by atomic mass is 19.4. The van der Waals surface area contributed by atoms with E-state index in [1.165, 1.54) is 6.07 Å². The molecule has 3 rings (SSSR count). The first-order valence-corrected chi connectivity index (χ1v) is 7.71. The fraction of sp³-hybridized carbons (Fsp3) is 0.263. The van der Waals surface area contributed by atoms with Gasteiger partial charge in [0.1, 0.15) is 0 Å². The molecule has 0 spiro atoms. The maximum Gasteiger partial charge on any atom is 0.407 e. The topological polar surface area (TPSA) is 31.4 Å². The van der Waals surface area contributed by atoms with Gasteiger partial charge in [-0.3, -0.25) is 0 Å². The fourth-order valence-corrected chi connectivity index (χ4v) is 3.33. The average Bonchev–Trinajstić information content (AvgIpc) is 2.88. The van der Waals surface area contributed by atoms with Crippen molar-refractivity contribution in [2.75, 3.05) is 4.90 Å². The highest BCUT2D eigenvalue weighted by Crippen LogP contribution is 2.46. The molecule has 126 valence electrons. The molecule has 0 saturated heterocycles. The molecule has 0 N–H and O–H groups in total. The Kier molecular flexibility index (Phi) is 4.14. The summed E-state index contributed by atoms with van der Waals surface area (Å²) in [5, 5.41) is 9.00. The van der Waals surface area contributed by atoms with Crippen molar-refractivity contribution in [3.8, 4) is 6.07 Å². The van der Waals surface area contributed by atoms with E-state index < -0.39 is 11.7 Å². The Hall–Kier alpha value is -2.99. The van der Waals surface area contributed by atoms with Crippen LogP contribution in [0.25, 0.3) is 4.85 Å². The first-order chi connectivity index (χ1) is 11.8. The molecule has 0 aliphatic carbocycles. The maximum atomic E-state index is 13.5. The van der Waals surface area contributed by atoms with Crippen molar-refractivity contribution in [3.63, 3.8) is 0 Å². The molecule has 0 bridgehead atoms. The molecule has 1 aliphatic heterocycles. The number of alkyl halides is 3. The summed E-state index contributed by atoms with van der Waals surface area (Å²) in [5.41, 5.74) is 0.900. The van der Waals surface area contributed by atoms with Gasteiger partial charge in [-0.1, -0.05) is 18.2 Å². The molecule has 1 aliphatic rings. The van der Waals surface area contributed by atoms with E-state index >= 15 is 0 Å². The summed E-state index contributed by atoms with van der Waals surface area (Å²) in [7, 11) is 0. The number of fused-ring (bicyclic) bond motifs is 1. The van der Waals surface area contributed by atoms with Gasteiger partial charge >= 0.3 is 6.18 Å². The molecule has 3 nitrogen and oxygen atoms in total. The predicted molar refractivity (Wildman–Crippen MR) is 88.2 cm³/mol. The van der Waals surface area contributed by atoms with Crippen LogP contribution in [0.3, 0.4) is 0 Å². The SMILES string of the molecule is [C-]#[N+]c1ccc2c(c1C(F)(F)F)CC(C)N2Cc1cccc(C#N)c1. The van der Waals surface area contributed by atoms with Crippen molar-refractivity contribution >= 4 is 11.4 Å². The van der Waals surface area contributed by atoms with Crippen molar-refractivity contribution in [1.82, 2.24) is 0 Å². The Balaban J connectivity index is 2.04. The predicted octanol–water partition coefficient (Wildman–Crippen LogP) is 5.08. The standard InChI is InChI=1S/C19H14F3N3/c1-12-8-15-17(7-6-16(24-2)18(15)19(20,21)22)25(12)11-14-5-3-4-13(9-14)10-23/h3-7,9,12H,8,11H2,1H3. The summed E-state index contributed by atoms with van der Waals surface area (Å²) in [6, 6.07) is 11.8. The first-order valence-electron chi connectivity index (χ1n) is 7.71. The van der Waals surface area contributed by atoms with Crippen molar-refractivity contribution in [3.05, 3.63) is 70.1 Å². The summed E-state index contributed by atoms with van der Waals surface area (Å²) in [6.07, 6.45) is -4.31. The number of hydrogen-bond donors (Lipinski definition) is 0. The molecule has 2 aromatic carbocycles. The molecular formula is C19H14F3N3. The van der Waals surface area contributed by atoms with Crippen molar-refractivity contribution in [2.24, 2.45) is 0 Å². The van der Waals surface area contributed by atoms with Crippen LogP contribution in [0, 0.1) is 17.9 Å². The van der Waals surface area contributed by atoms with Crippen molar-refractivity contribution in [1.29, 1.82) is 5.26 Å². The molecule has 0 amide bonds. The number of nitriles is 1. The number of rotatable bonds is 2. The van der Waals surface area contributed by atoms with E-state index in [1.807, 2.05) is 17.9 Å². The van der Waals surface area contributed by atoms with E-state index in [1.54, 1.807) is 24.3 Å². The maximum absolute atomic E-state index is 13.5. The van der Waals surface area contributed by atoms with Crippen LogP contribution in [0.15, 0.2) is 36.4 Å². The summed E-state index contributed by atoms with van der Waals surface area (Å²) < 4.78 is 40.4. The van der Waals surface area contributed by atoms with Crippen LogP contribution in [0.2, 0.25) is 0 Å². The monoisotopic (exact) mass is 341 g/mol. The second-order valence-electron chi connectivity index (χ2n) is 6.06. The van der Waals surface area contributed by atoms with Crippen LogP contribution >= 0.6 is 0 Å². The largest absolute Gasteiger partial charge is 0.407 e. The molecule has 2 aromatic rings. The van der Waals surface area contributed by atoms with Gasteiger partial charge in [-0.15, -0.1) is 0 Å². The van der Waals surface area contributed by atoms with Gasteiger partial charge in [-0.25, -0.2) is 4.85 Å². The molecule has 0 fully saturated rings. The Labute approximate surface area is 143 Å². The minimum atomic E-state index is -4.55. The lowest BCUT2D eigenvalue weighted by atomic mass is 10.0. The van der Waals surface area contributed by atoms with E-state index in [0.717, 1.165) is 5.56 Å². The second-order valence-corrected chi connectivity index (χ2v) is 6.06. The van der Waals surface area contributed by atoms with E-state index in [2.05, 4.69) is 10.9 Å². The smallest absolute Gasteiger partial charge is 0.364 e. The lowest BCUT2D eigenvalue weighted by molar-refractivity contribution is -0.137. The lowest BCUT2D eigenvalue weighted by Gasteiger charge is -2.25. The van der Waals surface area contributed by atoms with Crippen molar-refractivity contribution < 1.29 is 13.2 Å². The number of halogens is 3. The summed E-state index contributed by atoms with van der Waals surface area (Å²) in [4.78, 5) is 4.94. The molecule has 0 radical (unpaired) electrons. The van der Waals surface area contributed by atoms with Crippen LogP contribution in [0.5, 0.6) is 0 Å². The van der Waals surface area contributed by atoms with Gasteiger partial charge in [-0.05, 0) is 42.7 Å². The van der Waals surface area contributed by atoms with Gasteiger partial charge in [0.2, 0.25) is 0 Å². The molecule has 0 aromatic heterocycles. The first kappa shape index (κ1) is 16.9. The van der Waals surface area contributed by atoms with E-state index in [0.29, 0.717) is 17.8 Å². The Morgan fingerprint density at radius 2 is 2.08 bits per heavy atom. The third-order valence-corrected chi connectivity index (χ3v) is 4.42. The zero-order valence-electron chi connectivity index (χ0n) is 13.4. The molecule has 1 unspecified atom stereocenters.